The van der Waals surface area contributed by atoms with Gasteiger partial charge in [0.25, 0.3) is 0 Å². The van der Waals surface area contributed by atoms with E-state index in [1.54, 1.807) is 24.3 Å². The third kappa shape index (κ3) is 3.01. The minimum atomic E-state index is -0.805. The largest absolute Gasteiger partial charge is 0.457 e. The molecule has 1 aliphatic heterocycles. The number of rotatable bonds is 3. The van der Waals surface area contributed by atoms with E-state index in [0.717, 1.165) is 38.8 Å². The van der Waals surface area contributed by atoms with Crippen molar-refractivity contribution in [2.45, 2.75) is 8.65 Å². The Labute approximate surface area is 247 Å². The van der Waals surface area contributed by atoms with Crippen LogP contribution in [-0.2, 0) is 18.2 Å². The molecular formula is C34H21Br2NO3. The average Bonchev–Trinajstić information content (AvgIpc) is 3.27. The molecule has 0 N–H and O–H groups in total. The molecule has 2 atom stereocenters. The van der Waals surface area contributed by atoms with Gasteiger partial charge in [-0.05, 0) is 69.4 Å². The monoisotopic (exact) mass is 649 g/mol. The van der Waals surface area contributed by atoms with Gasteiger partial charge in [-0.2, -0.15) is 0 Å². The highest BCUT2D eigenvalue weighted by atomic mass is 79.9. The predicted octanol–water partition coefficient (Wildman–Crippen LogP) is 8.04. The van der Waals surface area contributed by atoms with E-state index in [4.69, 9.17) is 4.74 Å². The van der Waals surface area contributed by atoms with E-state index in [-0.39, 0.29) is 11.8 Å². The summed E-state index contributed by atoms with van der Waals surface area (Å²) in [6.45, 7) is 0. The molecule has 0 saturated carbocycles. The number of carbonyl (C=O) groups excluding carboxylic acids is 2. The summed E-state index contributed by atoms with van der Waals surface area (Å²) < 4.78 is 4.50. The third-order valence-corrected chi connectivity index (χ3v) is 11.3. The number of benzene rings is 5. The highest BCUT2D eigenvalue weighted by molar-refractivity contribution is 9.10. The van der Waals surface area contributed by atoms with E-state index in [2.05, 4.69) is 62.2 Å². The zero-order valence-electron chi connectivity index (χ0n) is 21.1. The summed E-state index contributed by atoms with van der Waals surface area (Å²) in [5.41, 5.74) is 4.63. The Balaban J connectivity index is 1.18. The lowest BCUT2D eigenvalue weighted by atomic mass is 9.54. The Hall–Kier alpha value is -3.74. The number of anilines is 1. The molecule has 1 saturated heterocycles. The van der Waals surface area contributed by atoms with Gasteiger partial charge in [-0.25, -0.2) is 4.90 Å². The van der Waals surface area contributed by atoms with Crippen LogP contribution in [0.1, 0.15) is 22.3 Å². The lowest BCUT2D eigenvalue weighted by Crippen LogP contribution is -2.56. The first-order valence-corrected chi connectivity index (χ1v) is 14.7. The topological polar surface area (TPSA) is 46.6 Å². The number of amides is 2. The highest BCUT2D eigenvalue weighted by Crippen LogP contribution is 2.70. The molecule has 5 aromatic carbocycles. The van der Waals surface area contributed by atoms with Gasteiger partial charge in [-0.3, -0.25) is 9.59 Å². The van der Waals surface area contributed by atoms with Crippen molar-refractivity contribution >= 4 is 60.1 Å². The summed E-state index contributed by atoms with van der Waals surface area (Å²) >= 11 is 8.11. The van der Waals surface area contributed by atoms with E-state index in [9.17, 15) is 9.59 Å². The van der Waals surface area contributed by atoms with Crippen molar-refractivity contribution in [2.75, 3.05) is 4.90 Å². The minimum Gasteiger partial charge on any atom is -0.457 e. The molecule has 2 amide bonds. The minimum absolute atomic E-state index is 0.206. The molecule has 1 fully saturated rings. The lowest BCUT2D eigenvalue weighted by molar-refractivity contribution is -0.122. The van der Waals surface area contributed by atoms with Crippen molar-refractivity contribution < 1.29 is 14.3 Å². The summed E-state index contributed by atoms with van der Waals surface area (Å²) in [5.74, 6) is -0.258. The van der Waals surface area contributed by atoms with E-state index in [1.165, 1.54) is 4.90 Å². The van der Waals surface area contributed by atoms with E-state index in [1.807, 2.05) is 60.7 Å². The lowest BCUT2D eigenvalue weighted by Gasteiger charge is -2.55. The fraction of sp³-hybridized carbons (Fsp3) is 0.118. The van der Waals surface area contributed by atoms with Crippen LogP contribution < -0.4 is 9.64 Å². The van der Waals surface area contributed by atoms with Crippen LogP contribution in [0, 0.1) is 11.8 Å². The number of hydrogen-bond donors (Lipinski definition) is 0. The molecule has 6 heteroatoms. The molecule has 194 valence electrons. The molecule has 3 aliphatic carbocycles. The molecule has 2 bridgehead atoms. The first-order chi connectivity index (χ1) is 19.4. The standard InChI is InChI=1S/C34H21Br2NO3/c35-33-25-9-3-4-10-26(25)34(36,28-12-6-5-11-27(28)33)30-29(33)31(38)37(32(30)39)22-14-17-23(18-15-22)40-24-16-13-20-7-1-2-8-21(20)19-24/h1-19,29-30H/t29-,30-,33?,34?/m1/s1. The van der Waals surface area contributed by atoms with Gasteiger partial charge >= 0.3 is 0 Å². The fourth-order valence-electron chi connectivity index (χ4n) is 6.95. The van der Waals surface area contributed by atoms with Crippen molar-refractivity contribution in [3.63, 3.8) is 0 Å². The zero-order valence-corrected chi connectivity index (χ0v) is 24.2. The van der Waals surface area contributed by atoms with Crippen LogP contribution in [0.2, 0.25) is 0 Å². The number of fused-ring (bicyclic) bond motifs is 1. The molecule has 9 rings (SSSR count). The third-order valence-electron chi connectivity index (χ3n) is 8.64. The summed E-state index contributed by atoms with van der Waals surface area (Å²) in [5, 5.41) is 2.24. The number of nitrogens with zero attached hydrogens (tertiary/aromatic N) is 1. The number of halogens is 2. The molecule has 0 unspecified atom stereocenters. The predicted molar refractivity (Wildman–Crippen MR) is 162 cm³/mol. The molecule has 5 aromatic rings. The van der Waals surface area contributed by atoms with Crippen LogP contribution in [0.15, 0.2) is 115 Å². The van der Waals surface area contributed by atoms with Gasteiger partial charge in [0.15, 0.2) is 0 Å². The van der Waals surface area contributed by atoms with E-state index >= 15 is 0 Å². The normalized spacial score (nSPS) is 26.0. The maximum absolute atomic E-state index is 14.2. The Bertz CT molecular complexity index is 1760. The summed E-state index contributed by atoms with van der Waals surface area (Å²) in [4.78, 5) is 29.8. The smallest absolute Gasteiger partial charge is 0.239 e. The summed E-state index contributed by atoms with van der Waals surface area (Å²) in [6.07, 6.45) is 0. The molecule has 0 aromatic heterocycles. The molecular weight excluding hydrogens is 630 g/mol. The highest BCUT2D eigenvalue weighted by Gasteiger charge is 2.72. The van der Waals surface area contributed by atoms with Gasteiger partial charge in [-0.1, -0.05) is 111 Å². The number of imide groups is 1. The van der Waals surface area contributed by atoms with E-state index in [0.29, 0.717) is 11.4 Å². The van der Waals surface area contributed by atoms with Crippen LogP contribution in [0.5, 0.6) is 11.5 Å². The summed E-state index contributed by atoms with van der Waals surface area (Å²) in [7, 11) is 0. The average molecular weight is 651 g/mol. The van der Waals surface area contributed by atoms with Crippen molar-refractivity contribution in [3.8, 4) is 11.5 Å². The number of alkyl halides is 2. The molecule has 1 heterocycles. The molecule has 40 heavy (non-hydrogen) atoms. The second-order valence-corrected chi connectivity index (χ2v) is 13.1. The van der Waals surface area contributed by atoms with Crippen LogP contribution in [0.25, 0.3) is 10.8 Å². The zero-order chi connectivity index (χ0) is 27.2. The second kappa shape index (κ2) is 8.38. The van der Waals surface area contributed by atoms with Crippen LogP contribution in [0.3, 0.4) is 0 Å². The summed E-state index contributed by atoms with van der Waals surface area (Å²) in [6, 6.07) is 37.5. The first kappa shape index (κ1) is 24.1. The van der Waals surface area contributed by atoms with Gasteiger partial charge in [0, 0.05) is 0 Å². The van der Waals surface area contributed by atoms with Gasteiger partial charge in [0.1, 0.15) is 11.5 Å². The van der Waals surface area contributed by atoms with Gasteiger partial charge < -0.3 is 4.74 Å². The maximum Gasteiger partial charge on any atom is 0.239 e. The van der Waals surface area contributed by atoms with Crippen LogP contribution >= 0.6 is 31.9 Å². The van der Waals surface area contributed by atoms with Gasteiger partial charge in [-0.15, -0.1) is 0 Å². The SMILES string of the molecule is O=C1[C@H]2[C@H](C(=O)N1c1ccc(Oc3ccc4ccccc4c3)cc1)C1(Br)c3ccccc3C2(Br)c2ccccc21. The van der Waals surface area contributed by atoms with Gasteiger partial charge in [0.2, 0.25) is 11.8 Å². The second-order valence-electron chi connectivity index (χ2n) is 10.6. The molecule has 0 radical (unpaired) electrons. The Morgan fingerprint density at radius 2 is 1.00 bits per heavy atom. The van der Waals surface area contributed by atoms with Crippen molar-refractivity contribution in [3.05, 3.63) is 138 Å². The maximum atomic E-state index is 14.2. The number of hydrogen-bond acceptors (Lipinski definition) is 3. The Morgan fingerprint density at radius 3 is 1.52 bits per heavy atom. The fourth-order valence-corrected chi connectivity index (χ4v) is 9.26. The number of carbonyl (C=O) groups is 2. The number of ether oxygens (including phenoxy) is 1. The van der Waals surface area contributed by atoms with Crippen molar-refractivity contribution in [2.24, 2.45) is 11.8 Å². The first-order valence-electron chi connectivity index (χ1n) is 13.1. The van der Waals surface area contributed by atoms with Crippen LogP contribution in [0.4, 0.5) is 5.69 Å². The molecule has 4 nitrogen and oxygen atoms in total. The Morgan fingerprint density at radius 1 is 0.550 bits per heavy atom. The van der Waals surface area contributed by atoms with Crippen LogP contribution in [-0.4, -0.2) is 11.8 Å². The molecule has 4 aliphatic rings. The van der Waals surface area contributed by atoms with Crippen molar-refractivity contribution in [1.29, 1.82) is 0 Å². The van der Waals surface area contributed by atoms with Crippen molar-refractivity contribution in [1.82, 2.24) is 0 Å². The van der Waals surface area contributed by atoms with E-state index < -0.39 is 20.5 Å². The molecule has 0 spiro atoms. The van der Waals surface area contributed by atoms with Gasteiger partial charge in [0.05, 0.1) is 26.2 Å². The quantitative estimate of drug-likeness (QED) is 0.147. The Kier molecular flexibility index (Phi) is 5.05.